The van der Waals surface area contributed by atoms with Crippen molar-refractivity contribution in [2.45, 2.75) is 12.6 Å². The lowest BCUT2D eigenvalue weighted by Gasteiger charge is -2.37. The van der Waals surface area contributed by atoms with E-state index in [9.17, 15) is 5.11 Å². The van der Waals surface area contributed by atoms with E-state index in [4.69, 9.17) is 0 Å². The van der Waals surface area contributed by atoms with Gasteiger partial charge in [0.1, 0.15) is 11.1 Å². The van der Waals surface area contributed by atoms with Crippen molar-refractivity contribution in [3.63, 3.8) is 0 Å². The number of aliphatic hydroxyl groups excluding tert-OH is 1. The molecular weight excluding hydrogens is 350 g/mol. The van der Waals surface area contributed by atoms with Crippen LogP contribution in [-0.4, -0.2) is 41.2 Å². The summed E-state index contributed by atoms with van der Waals surface area (Å²) >= 11 is 3.32. The number of hydrogen-bond donors (Lipinski definition) is 1. The predicted molar refractivity (Wildman–Crippen MR) is 104 cm³/mol. The molecule has 4 nitrogen and oxygen atoms in total. The maximum absolute atomic E-state index is 10.7. The molecule has 0 radical (unpaired) electrons. The summed E-state index contributed by atoms with van der Waals surface area (Å²) in [5.74, 6) is 0. The molecule has 1 saturated heterocycles. The molecule has 0 spiro atoms. The average molecular weight is 372 g/mol. The van der Waals surface area contributed by atoms with Crippen LogP contribution in [0.2, 0.25) is 0 Å². The molecule has 0 amide bonds. The molecule has 130 valence electrons. The van der Waals surface area contributed by atoms with Crippen LogP contribution in [0.3, 0.4) is 0 Å². The van der Waals surface area contributed by atoms with Gasteiger partial charge in [-0.05, 0) is 17.5 Å². The Morgan fingerprint density at radius 1 is 1.00 bits per heavy atom. The number of aromatic nitrogens is 1. The monoisotopic (exact) mass is 371 g/mol. The summed E-state index contributed by atoms with van der Waals surface area (Å²) in [7, 11) is 0. The Morgan fingerprint density at radius 3 is 2.56 bits per heavy atom. The number of benzene rings is 1. The van der Waals surface area contributed by atoms with Crippen LogP contribution in [-0.2, 0) is 6.54 Å². The number of rotatable bonds is 5. The van der Waals surface area contributed by atoms with Gasteiger partial charge in [0.05, 0.1) is 0 Å². The fraction of sp³-hybridized carbons (Fsp3) is 0.316. The number of piperazine rings is 1. The molecule has 4 rings (SSSR count). The zero-order chi connectivity index (χ0) is 17.1. The second kappa shape index (κ2) is 7.66. The highest BCUT2D eigenvalue weighted by molar-refractivity contribution is 7.10. The molecule has 1 aromatic carbocycles. The minimum atomic E-state index is -0.652. The van der Waals surface area contributed by atoms with Crippen LogP contribution >= 0.6 is 22.7 Å². The molecular formula is C19H21N3OS2. The SMILES string of the molecule is OC(c1nccs1)c1ccccc1N1CCN(Cc2cccs2)CC1. The van der Waals surface area contributed by atoms with Gasteiger partial charge in [-0.1, -0.05) is 24.3 Å². The molecule has 6 heteroatoms. The highest BCUT2D eigenvalue weighted by Gasteiger charge is 2.23. The number of para-hydroxylation sites is 1. The lowest BCUT2D eigenvalue weighted by Crippen LogP contribution is -2.46. The second-order valence-corrected chi connectivity index (χ2v) is 8.13. The van der Waals surface area contributed by atoms with Crippen molar-refractivity contribution in [1.29, 1.82) is 0 Å². The molecule has 2 aromatic heterocycles. The van der Waals surface area contributed by atoms with E-state index in [0.717, 1.165) is 49.0 Å². The molecule has 1 aliphatic rings. The highest BCUT2D eigenvalue weighted by Crippen LogP contribution is 2.32. The van der Waals surface area contributed by atoms with Crippen LogP contribution < -0.4 is 4.90 Å². The third-order valence-electron chi connectivity index (χ3n) is 4.59. The lowest BCUT2D eigenvalue weighted by atomic mass is 10.1. The van der Waals surface area contributed by atoms with E-state index in [1.165, 1.54) is 16.2 Å². The fourth-order valence-electron chi connectivity index (χ4n) is 3.28. The van der Waals surface area contributed by atoms with E-state index in [1.54, 1.807) is 6.20 Å². The third kappa shape index (κ3) is 3.77. The first-order valence-electron chi connectivity index (χ1n) is 8.47. The zero-order valence-electron chi connectivity index (χ0n) is 13.9. The molecule has 1 unspecified atom stereocenters. The van der Waals surface area contributed by atoms with Crippen molar-refractivity contribution >= 4 is 28.4 Å². The maximum Gasteiger partial charge on any atom is 0.132 e. The fourth-order valence-corrected chi connectivity index (χ4v) is 4.66. The van der Waals surface area contributed by atoms with Crippen molar-refractivity contribution in [3.8, 4) is 0 Å². The Kier molecular flexibility index (Phi) is 5.12. The minimum Gasteiger partial charge on any atom is -0.381 e. The second-order valence-electron chi connectivity index (χ2n) is 6.17. The van der Waals surface area contributed by atoms with Crippen LogP contribution in [0.1, 0.15) is 21.6 Å². The Morgan fingerprint density at radius 2 is 1.84 bits per heavy atom. The van der Waals surface area contributed by atoms with Crippen LogP contribution in [0.5, 0.6) is 0 Å². The van der Waals surface area contributed by atoms with E-state index in [1.807, 2.05) is 34.9 Å². The number of nitrogens with zero attached hydrogens (tertiary/aromatic N) is 3. The quantitative estimate of drug-likeness (QED) is 0.744. The van der Waals surface area contributed by atoms with Gasteiger partial charge in [0, 0.05) is 60.4 Å². The van der Waals surface area contributed by atoms with Gasteiger partial charge in [0.2, 0.25) is 0 Å². The van der Waals surface area contributed by atoms with Crippen molar-refractivity contribution in [3.05, 3.63) is 68.8 Å². The van der Waals surface area contributed by atoms with Gasteiger partial charge in [0.25, 0.3) is 0 Å². The molecule has 0 bridgehead atoms. The van der Waals surface area contributed by atoms with Crippen LogP contribution in [0.15, 0.2) is 53.4 Å². The minimum absolute atomic E-state index is 0.652. The van der Waals surface area contributed by atoms with Gasteiger partial charge in [-0.3, -0.25) is 4.90 Å². The van der Waals surface area contributed by atoms with Gasteiger partial charge < -0.3 is 10.0 Å². The summed E-state index contributed by atoms with van der Waals surface area (Å²) in [5, 5.41) is 15.5. The van der Waals surface area contributed by atoms with E-state index in [0.29, 0.717) is 0 Å². The molecule has 1 aliphatic heterocycles. The van der Waals surface area contributed by atoms with Gasteiger partial charge in [-0.25, -0.2) is 4.98 Å². The first kappa shape index (κ1) is 16.7. The first-order valence-corrected chi connectivity index (χ1v) is 10.2. The predicted octanol–water partition coefficient (Wildman–Crippen LogP) is 3.61. The lowest BCUT2D eigenvalue weighted by molar-refractivity contribution is 0.218. The Balaban J connectivity index is 1.46. The van der Waals surface area contributed by atoms with Crippen LogP contribution in [0.25, 0.3) is 0 Å². The van der Waals surface area contributed by atoms with Gasteiger partial charge in [-0.15, -0.1) is 22.7 Å². The molecule has 1 atom stereocenters. The summed E-state index contributed by atoms with van der Waals surface area (Å²) in [4.78, 5) is 10.6. The highest BCUT2D eigenvalue weighted by atomic mass is 32.1. The van der Waals surface area contributed by atoms with E-state index in [2.05, 4.69) is 38.4 Å². The summed E-state index contributed by atoms with van der Waals surface area (Å²) in [6.45, 7) is 5.08. The van der Waals surface area contributed by atoms with Crippen molar-refractivity contribution in [1.82, 2.24) is 9.88 Å². The number of aliphatic hydroxyl groups is 1. The molecule has 0 aliphatic carbocycles. The summed E-state index contributed by atoms with van der Waals surface area (Å²) in [6, 6.07) is 12.5. The number of thiophene rings is 1. The third-order valence-corrected chi connectivity index (χ3v) is 6.28. The Hall–Kier alpha value is -1.73. The van der Waals surface area contributed by atoms with Crippen molar-refractivity contribution in [2.75, 3.05) is 31.1 Å². The van der Waals surface area contributed by atoms with Crippen LogP contribution in [0, 0.1) is 0 Å². The molecule has 0 saturated carbocycles. The Labute approximate surface area is 156 Å². The smallest absolute Gasteiger partial charge is 0.132 e. The van der Waals surface area contributed by atoms with Crippen molar-refractivity contribution < 1.29 is 5.11 Å². The van der Waals surface area contributed by atoms with E-state index < -0.39 is 6.10 Å². The average Bonchev–Trinajstić information content (AvgIpc) is 3.36. The van der Waals surface area contributed by atoms with Gasteiger partial charge >= 0.3 is 0 Å². The standard InChI is InChI=1S/C19H21N3OS2/c23-18(19-20-7-13-25-19)16-5-1-2-6-17(16)22-10-8-21(9-11-22)14-15-4-3-12-24-15/h1-7,12-13,18,23H,8-11,14H2. The zero-order valence-corrected chi connectivity index (χ0v) is 15.5. The molecule has 3 aromatic rings. The first-order chi connectivity index (χ1) is 12.3. The number of hydrogen-bond acceptors (Lipinski definition) is 6. The number of thiazole rings is 1. The topological polar surface area (TPSA) is 39.6 Å². The van der Waals surface area contributed by atoms with Crippen molar-refractivity contribution in [2.24, 2.45) is 0 Å². The summed E-state index contributed by atoms with van der Waals surface area (Å²) in [6.07, 6.45) is 1.09. The summed E-state index contributed by atoms with van der Waals surface area (Å²) in [5.41, 5.74) is 2.07. The molecule has 3 heterocycles. The Bertz CT molecular complexity index is 781. The van der Waals surface area contributed by atoms with Crippen LogP contribution in [0.4, 0.5) is 5.69 Å². The van der Waals surface area contributed by atoms with Gasteiger partial charge in [0.15, 0.2) is 0 Å². The normalized spacial score (nSPS) is 16.9. The van der Waals surface area contributed by atoms with E-state index in [-0.39, 0.29) is 0 Å². The molecule has 1 N–H and O–H groups in total. The molecule has 25 heavy (non-hydrogen) atoms. The summed E-state index contributed by atoms with van der Waals surface area (Å²) < 4.78 is 0. The molecule has 1 fully saturated rings. The van der Waals surface area contributed by atoms with Gasteiger partial charge in [-0.2, -0.15) is 0 Å². The van der Waals surface area contributed by atoms with E-state index >= 15 is 0 Å². The number of anilines is 1. The maximum atomic E-state index is 10.7. The largest absolute Gasteiger partial charge is 0.381 e.